The molecule has 1 atom stereocenters. The molecule has 1 aromatic carbocycles. The summed E-state index contributed by atoms with van der Waals surface area (Å²) < 4.78 is 5.02. The van der Waals surface area contributed by atoms with Gasteiger partial charge >= 0.3 is 0 Å². The zero-order chi connectivity index (χ0) is 14.0. The Morgan fingerprint density at radius 1 is 1.05 bits per heavy atom. The summed E-state index contributed by atoms with van der Waals surface area (Å²) in [6, 6.07) is 8.97. The second-order valence-corrected chi connectivity index (χ2v) is 7.30. The summed E-state index contributed by atoms with van der Waals surface area (Å²) in [4.78, 5) is 0. The van der Waals surface area contributed by atoms with Crippen LogP contribution in [0.5, 0.6) is 0 Å². The summed E-state index contributed by atoms with van der Waals surface area (Å²) >= 11 is 0. The van der Waals surface area contributed by atoms with Crippen LogP contribution < -0.4 is 0 Å². The van der Waals surface area contributed by atoms with Crippen molar-refractivity contribution in [1.29, 1.82) is 0 Å². The maximum atomic E-state index is 2.68. The van der Waals surface area contributed by atoms with E-state index in [4.69, 9.17) is 0 Å². The van der Waals surface area contributed by atoms with Crippen molar-refractivity contribution < 1.29 is 9.15 Å². The Labute approximate surface area is 121 Å². The van der Waals surface area contributed by atoms with Gasteiger partial charge in [-0.05, 0) is 6.42 Å². The number of para-hydroxylation sites is 1. The first-order valence-corrected chi connectivity index (χ1v) is 7.86. The van der Waals surface area contributed by atoms with Crippen LogP contribution in [0.4, 0.5) is 5.69 Å². The summed E-state index contributed by atoms with van der Waals surface area (Å²) in [5.74, 6) is 0. The summed E-state index contributed by atoms with van der Waals surface area (Å²) in [6.45, 7) is 7.35. The van der Waals surface area contributed by atoms with Gasteiger partial charge in [0.1, 0.15) is 20.1 Å². The van der Waals surface area contributed by atoms with Crippen LogP contribution in [0, 0.1) is 5.41 Å². The smallest absolute Gasteiger partial charge is 0.209 e. The average Bonchev–Trinajstić information content (AvgIpc) is 2.92. The molecule has 0 saturated carbocycles. The van der Waals surface area contributed by atoms with E-state index in [0.717, 1.165) is 0 Å². The molecule has 0 bridgehead atoms. The monoisotopic (exact) mass is 268 g/mol. The van der Waals surface area contributed by atoms with E-state index in [0.29, 0.717) is 5.41 Å². The van der Waals surface area contributed by atoms with Crippen LogP contribution >= 0.6 is 0 Å². The van der Waals surface area contributed by atoms with Crippen LogP contribution in [-0.4, -0.2) is 41.2 Å². The van der Waals surface area contributed by atoms with Crippen molar-refractivity contribution in [3.63, 3.8) is 0 Å². The van der Waals surface area contributed by atoms with E-state index >= 15 is 0 Å². The third-order valence-corrected chi connectivity index (χ3v) is 5.56. The summed E-state index contributed by atoms with van der Waals surface area (Å²) in [7, 11) is 2.20. The quantitative estimate of drug-likeness (QED) is 0.638. The number of nitrogens with zero attached hydrogens (tertiary/aromatic N) is 2. The van der Waals surface area contributed by atoms with Gasteiger partial charge in [-0.1, -0.05) is 32.0 Å². The molecule has 104 valence electrons. The minimum Gasteiger partial charge on any atom is -0.235 e. The van der Waals surface area contributed by atoms with Gasteiger partial charge in [-0.15, -0.1) is 0 Å². The molecule has 1 aromatic rings. The molecule has 0 aromatic heterocycles. The van der Waals surface area contributed by atoms with Crippen molar-refractivity contribution in [3.05, 3.63) is 29.8 Å². The molecule has 4 rings (SSSR count). The van der Waals surface area contributed by atoms with E-state index < -0.39 is 0 Å². The Morgan fingerprint density at radius 2 is 1.85 bits per heavy atom. The van der Waals surface area contributed by atoms with Gasteiger partial charge in [-0.25, -0.2) is 9.15 Å². The lowest BCUT2D eigenvalue weighted by Gasteiger charge is -2.32. The Balaban J connectivity index is 1.98. The molecule has 0 saturated heterocycles. The van der Waals surface area contributed by atoms with E-state index in [-0.39, 0.29) is 5.41 Å². The zero-order valence-electron chi connectivity index (χ0n) is 12.8. The fourth-order valence-corrected chi connectivity index (χ4v) is 4.93. The first kappa shape index (κ1) is 12.3. The van der Waals surface area contributed by atoms with Crippen LogP contribution in [0.3, 0.4) is 0 Å². The number of hydrogen-bond acceptors (Lipinski definition) is 0. The molecule has 3 heterocycles. The van der Waals surface area contributed by atoms with Crippen LogP contribution in [0.2, 0.25) is 0 Å². The largest absolute Gasteiger partial charge is 0.235 e. The fourth-order valence-electron chi connectivity index (χ4n) is 4.93. The third-order valence-electron chi connectivity index (χ3n) is 5.56. The van der Waals surface area contributed by atoms with Crippen molar-refractivity contribution in [2.24, 2.45) is 5.41 Å². The molecule has 3 aliphatic heterocycles. The lowest BCUT2D eigenvalue weighted by atomic mass is 9.66. The highest BCUT2D eigenvalue weighted by atomic mass is 15.1. The van der Waals surface area contributed by atoms with Gasteiger partial charge in [0.05, 0.1) is 5.56 Å². The van der Waals surface area contributed by atoms with Gasteiger partial charge in [0.15, 0.2) is 17.3 Å². The number of fused-ring (bicyclic) bond motifs is 3. The molecule has 2 heteroatoms. The van der Waals surface area contributed by atoms with Gasteiger partial charge in [0.25, 0.3) is 0 Å². The Kier molecular flexibility index (Phi) is 2.34. The van der Waals surface area contributed by atoms with Crippen molar-refractivity contribution >= 4 is 17.6 Å². The number of rotatable bonds is 0. The number of hydrogen-bond donors (Lipinski definition) is 0. The van der Waals surface area contributed by atoms with Gasteiger partial charge in [0, 0.05) is 24.3 Å². The highest BCUT2D eigenvalue weighted by Gasteiger charge is 2.61. The van der Waals surface area contributed by atoms with Crippen LogP contribution in [-0.2, 0) is 5.41 Å². The minimum atomic E-state index is 0.162. The molecule has 0 fully saturated rings. The Bertz CT molecular complexity index is 651. The van der Waals surface area contributed by atoms with Crippen LogP contribution in [0.1, 0.15) is 38.7 Å². The molecular formula is C18H24N2+2. The van der Waals surface area contributed by atoms with Gasteiger partial charge in [-0.2, -0.15) is 0 Å². The summed E-state index contributed by atoms with van der Waals surface area (Å²) in [6.07, 6.45) is 6.39. The molecule has 0 N–H and O–H groups in total. The highest BCUT2D eigenvalue weighted by Crippen LogP contribution is 2.48. The van der Waals surface area contributed by atoms with Gasteiger partial charge < -0.3 is 0 Å². The van der Waals surface area contributed by atoms with E-state index in [1.54, 1.807) is 5.71 Å². The van der Waals surface area contributed by atoms with Crippen molar-refractivity contribution in [2.75, 3.05) is 20.1 Å². The summed E-state index contributed by atoms with van der Waals surface area (Å²) in [5, 5.41) is 0. The lowest BCUT2D eigenvalue weighted by Crippen LogP contribution is -2.47. The predicted octanol–water partition coefficient (Wildman–Crippen LogP) is 2.96. The summed E-state index contributed by atoms with van der Waals surface area (Å²) in [5.41, 5.74) is 5.07. The Morgan fingerprint density at radius 3 is 2.70 bits per heavy atom. The molecule has 0 aliphatic carbocycles. The van der Waals surface area contributed by atoms with Crippen molar-refractivity contribution in [1.82, 2.24) is 0 Å². The topological polar surface area (TPSA) is 6.02 Å². The molecule has 1 spiro atoms. The van der Waals surface area contributed by atoms with Crippen LogP contribution in [0.15, 0.2) is 24.3 Å². The van der Waals surface area contributed by atoms with E-state index in [2.05, 4.69) is 60.5 Å². The van der Waals surface area contributed by atoms with Crippen LogP contribution in [0.25, 0.3) is 0 Å². The van der Waals surface area contributed by atoms with E-state index in [1.807, 2.05) is 0 Å². The zero-order valence-corrected chi connectivity index (χ0v) is 12.8. The highest BCUT2D eigenvalue weighted by molar-refractivity contribution is 6.11. The third kappa shape index (κ3) is 1.40. The average molecular weight is 268 g/mol. The van der Waals surface area contributed by atoms with E-state index in [1.165, 1.54) is 43.6 Å². The lowest BCUT2D eigenvalue weighted by molar-refractivity contribution is -0.528. The second-order valence-electron chi connectivity index (χ2n) is 7.30. The molecule has 20 heavy (non-hydrogen) atoms. The molecule has 0 amide bonds. The molecule has 2 nitrogen and oxygen atoms in total. The molecule has 1 unspecified atom stereocenters. The number of benzene rings is 1. The second kappa shape index (κ2) is 3.81. The fraction of sp³-hybridized carbons (Fsp3) is 0.556. The normalized spacial score (nSPS) is 30.4. The standard InChI is InChI=1S/C18H24N2/c1-17(2)9-6-11-20-12-10-18(16(17)20)13-19(3)15-8-5-4-7-14(15)18/h4-5,7-8,13H,6,9-12H2,1-3H3/q+2. The first-order chi connectivity index (χ1) is 9.55. The van der Waals surface area contributed by atoms with Gasteiger partial charge in [-0.3, -0.25) is 0 Å². The van der Waals surface area contributed by atoms with Crippen molar-refractivity contribution in [3.8, 4) is 0 Å². The minimum absolute atomic E-state index is 0.162. The maximum Gasteiger partial charge on any atom is 0.209 e. The molecule has 3 aliphatic rings. The molecular weight excluding hydrogens is 244 g/mol. The van der Waals surface area contributed by atoms with E-state index in [9.17, 15) is 0 Å². The van der Waals surface area contributed by atoms with Crippen molar-refractivity contribution in [2.45, 2.75) is 38.5 Å². The van der Waals surface area contributed by atoms with Gasteiger partial charge in [0.2, 0.25) is 5.69 Å². The Hall–Kier alpha value is -1.44. The maximum absolute atomic E-state index is 2.68. The molecule has 0 radical (unpaired) electrons. The first-order valence-electron chi connectivity index (χ1n) is 7.86. The SMILES string of the molecule is C[N+]1=CC2(CC[N+]3=C2C(C)(C)CCC3)c2ccccc21. The predicted molar refractivity (Wildman–Crippen MR) is 82.7 cm³/mol.